The third-order valence-corrected chi connectivity index (χ3v) is 3.62. The average molecular weight is 319 g/mol. The zero-order valence-electron chi connectivity index (χ0n) is 11.9. The number of rotatable bonds is 4. The fourth-order valence-electron chi connectivity index (χ4n) is 2.65. The Morgan fingerprint density at radius 3 is 2.73 bits per heavy atom. The molecule has 1 fully saturated rings. The molecule has 1 atom stereocenters. The molecule has 0 bridgehead atoms. The molecule has 1 aliphatic rings. The quantitative estimate of drug-likeness (QED) is 0.908. The molecule has 122 valence electrons. The number of nitrogens with zero attached hydrogens (tertiary/aromatic N) is 3. The number of aromatic nitrogens is 2. The van der Waals surface area contributed by atoms with Crippen LogP contribution in [0.15, 0.2) is 6.20 Å². The van der Waals surface area contributed by atoms with E-state index >= 15 is 0 Å². The predicted octanol–water partition coefficient (Wildman–Crippen LogP) is 1.30. The Labute approximate surface area is 124 Å². The highest BCUT2D eigenvalue weighted by atomic mass is 19.4. The Morgan fingerprint density at radius 2 is 2.14 bits per heavy atom. The molecule has 1 aliphatic heterocycles. The molecule has 1 unspecified atom stereocenters. The Morgan fingerprint density at radius 1 is 1.45 bits per heavy atom. The number of carbonyl (C=O) groups is 2. The molecular weight excluding hydrogens is 303 g/mol. The predicted molar refractivity (Wildman–Crippen MR) is 68.9 cm³/mol. The van der Waals surface area contributed by atoms with Gasteiger partial charge in [0.1, 0.15) is 0 Å². The number of aryl methyl sites for hydroxylation is 1. The molecule has 1 aromatic rings. The number of carbonyl (C=O) groups excluding carboxylic acids is 1. The van der Waals surface area contributed by atoms with Crippen molar-refractivity contribution in [3.8, 4) is 0 Å². The number of aliphatic carboxylic acids is 1. The van der Waals surface area contributed by atoms with Crippen molar-refractivity contribution in [1.82, 2.24) is 14.7 Å². The zero-order chi connectivity index (χ0) is 16.5. The van der Waals surface area contributed by atoms with E-state index in [2.05, 4.69) is 5.10 Å². The van der Waals surface area contributed by atoms with E-state index in [1.807, 2.05) is 0 Å². The number of amides is 1. The summed E-state index contributed by atoms with van der Waals surface area (Å²) >= 11 is 0. The Kier molecular flexibility index (Phi) is 4.43. The van der Waals surface area contributed by atoms with E-state index in [4.69, 9.17) is 5.11 Å². The number of carboxylic acid groups (broad SMARTS) is 1. The minimum atomic E-state index is -4.60. The van der Waals surface area contributed by atoms with Crippen LogP contribution >= 0.6 is 0 Å². The van der Waals surface area contributed by atoms with Gasteiger partial charge in [0.25, 0.3) is 0 Å². The van der Waals surface area contributed by atoms with Gasteiger partial charge >= 0.3 is 12.1 Å². The number of carboxylic acids is 1. The van der Waals surface area contributed by atoms with Crippen LogP contribution in [0.3, 0.4) is 0 Å². The van der Waals surface area contributed by atoms with Crippen LogP contribution in [-0.2, 0) is 29.2 Å². The summed E-state index contributed by atoms with van der Waals surface area (Å²) in [5.41, 5.74) is -1.22. The third kappa shape index (κ3) is 3.77. The van der Waals surface area contributed by atoms with E-state index in [9.17, 15) is 22.8 Å². The van der Waals surface area contributed by atoms with Gasteiger partial charge in [0.15, 0.2) is 5.69 Å². The minimum absolute atomic E-state index is 0.0372. The van der Waals surface area contributed by atoms with Gasteiger partial charge in [-0.1, -0.05) is 0 Å². The van der Waals surface area contributed by atoms with Crippen LogP contribution in [0.4, 0.5) is 13.2 Å². The maximum absolute atomic E-state index is 12.8. The molecule has 0 aromatic carbocycles. The van der Waals surface area contributed by atoms with Crippen molar-refractivity contribution in [1.29, 1.82) is 0 Å². The normalized spacial score (nSPS) is 18.7. The lowest BCUT2D eigenvalue weighted by Crippen LogP contribution is -2.30. The first-order valence-electron chi connectivity index (χ1n) is 6.76. The van der Waals surface area contributed by atoms with E-state index in [0.717, 1.165) is 4.68 Å². The van der Waals surface area contributed by atoms with E-state index in [1.54, 1.807) is 0 Å². The zero-order valence-corrected chi connectivity index (χ0v) is 11.9. The van der Waals surface area contributed by atoms with Gasteiger partial charge in [-0.25, -0.2) is 0 Å². The van der Waals surface area contributed by atoms with E-state index in [-0.39, 0.29) is 30.9 Å². The Hall–Kier alpha value is -2.06. The van der Waals surface area contributed by atoms with Crippen LogP contribution in [0.25, 0.3) is 0 Å². The standard InChI is InChI=1S/C13H16F3N3O3/c1-18-7-9(12(17-18)13(14,15)16)5-10(20)19-3-2-8(6-19)4-11(21)22/h7-8H,2-6H2,1H3,(H,21,22). The topological polar surface area (TPSA) is 75.4 Å². The molecule has 22 heavy (non-hydrogen) atoms. The smallest absolute Gasteiger partial charge is 0.435 e. The van der Waals surface area contributed by atoms with Crippen molar-refractivity contribution in [2.75, 3.05) is 13.1 Å². The van der Waals surface area contributed by atoms with Crippen LogP contribution in [0.2, 0.25) is 0 Å². The monoisotopic (exact) mass is 319 g/mol. The molecule has 1 amide bonds. The molecule has 0 spiro atoms. The molecule has 2 rings (SSSR count). The lowest BCUT2D eigenvalue weighted by Gasteiger charge is -2.16. The SMILES string of the molecule is Cn1cc(CC(=O)N2CCC(CC(=O)O)C2)c(C(F)(F)F)n1. The number of hydrogen-bond acceptors (Lipinski definition) is 3. The van der Waals surface area contributed by atoms with E-state index < -0.39 is 23.7 Å². The molecule has 1 N–H and O–H groups in total. The average Bonchev–Trinajstić information content (AvgIpc) is 2.94. The summed E-state index contributed by atoms with van der Waals surface area (Å²) in [6, 6.07) is 0. The van der Waals surface area contributed by atoms with Gasteiger partial charge in [-0.2, -0.15) is 18.3 Å². The summed E-state index contributed by atoms with van der Waals surface area (Å²) in [6.07, 6.45) is -3.29. The summed E-state index contributed by atoms with van der Waals surface area (Å²) in [6.45, 7) is 0.644. The third-order valence-electron chi connectivity index (χ3n) is 3.62. The lowest BCUT2D eigenvalue weighted by molar-refractivity contribution is -0.142. The van der Waals surface area contributed by atoms with Gasteiger partial charge < -0.3 is 10.0 Å². The highest BCUT2D eigenvalue weighted by Gasteiger charge is 2.38. The maximum Gasteiger partial charge on any atom is 0.435 e. The largest absolute Gasteiger partial charge is 0.481 e. The number of likely N-dealkylation sites (tertiary alicyclic amines) is 1. The Balaban J connectivity index is 2.03. The fraction of sp³-hybridized carbons (Fsp3) is 0.615. The van der Waals surface area contributed by atoms with E-state index in [1.165, 1.54) is 18.1 Å². The first-order chi connectivity index (χ1) is 10.2. The number of halogens is 3. The lowest BCUT2D eigenvalue weighted by atomic mass is 10.1. The summed E-state index contributed by atoms with van der Waals surface area (Å²) in [7, 11) is 1.36. The van der Waals surface area contributed by atoms with Crippen LogP contribution in [0.5, 0.6) is 0 Å². The summed E-state index contributed by atoms with van der Waals surface area (Å²) in [5.74, 6) is -1.52. The second-order valence-corrected chi connectivity index (χ2v) is 5.44. The van der Waals surface area contributed by atoms with Crippen molar-refractivity contribution in [3.05, 3.63) is 17.5 Å². The van der Waals surface area contributed by atoms with Gasteiger partial charge in [0.2, 0.25) is 5.91 Å². The molecule has 2 heterocycles. The van der Waals surface area contributed by atoms with Crippen LogP contribution in [-0.4, -0.2) is 44.8 Å². The molecule has 1 saturated heterocycles. The van der Waals surface area contributed by atoms with Crippen molar-refractivity contribution in [2.24, 2.45) is 13.0 Å². The minimum Gasteiger partial charge on any atom is -0.481 e. The molecule has 1 aromatic heterocycles. The van der Waals surface area contributed by atoms with E-state index in [0.29, 0.717) is 13.0 Å². The molecule has 0 saturated carbocycles. The van der Waals surface area contributed by atoms with Gasteiger partial charge in [-0.05, 0) is 12.3 Å². The summed E-state index contributed by atoms with van der Waals surface area (Å²) < 4.78 is 39.5. The van der Waals surface area contributed by atoms with Crippen LogP contribution < -0.4 is 0 Å². The fourth-order valence-corrected chi connectivity index (χ4v) is 2.65. The number of hydrogen-bond donors (Lipinski definition) is 1. The number of alkyl halides is 3. The van der Waals surface area contributed by atoms with Crippen molar-refractivity contribution in [3.63, 3.8) is 0 Å². The Bertz CT molecular complexity index is 583. The second kappa shape index (κ2) is 5.98. The van der Waals surface area contributed by atoms with Crippen molar-refractivity contribution >= 4 is 11.9 Å². The first-order valence-corrected chi connectivity index (χ1v) is 6.76. The van der Waals surface area contributed by atoms with Crippen LogP contribution in [0.1, 0.15) is 24.1 Å². The van der Waals surface area contributed by atoms with Crippen molar-refractivity contribution < 1.29 is 27.9 Å². The van der Waals surface area contributed by atoms with Crippen molar-refractivity contribution in [2.45, 2.75) is 25.4 Å². The maximum atomic E-state index is 12.8. The molecule has 9 heteroatoms. The summed E-state index contributed by atoms with van der Waals surface area (Å²) in [5, 5.41) is 12.1. The van der Waals surface area contributed by atoms with Gasteiger partial charge in [-0.3, -0.25) is 14.3 Å². The molecule has 0 radical (unpaired) electrons. The van der Waals surface area contributed by atoms with Crippen LogP contribution in [0, 0.1) is 5.92 Å². The summed E-state index contributed by atoms with van der Waals surface area (Å²) in [4.78, 5) is 24.2. The van der Waals surface area contributed by atoms with Gasteiger partial charge in [-0.15, -0.1) is 0 Å². The second-order valence-electron chi connectivity index (χ2n) is 5.44. The highest BCUT2D eigenvalue weighted by molar-refractivity contribution is 5.79. The highest BCUT2D eigenvalue weighted by Crippen LogP contribution is 2.31. The molecule has 6 nitrogen and oxygen atoms in total. The van der Waals surface area contributed by atoms with Gasteiger partial charge in [0.05, 0.1) is 6.42 Å². The molecular formula is C13H16F3N3O3. The molecule has 0 aliphatic carbocycles. The first kappa shape index (κ1) is 16.3. The van der Waals surface area contributed by atoms with Gasteiger partial charge in [0, 0.05) is 38.3 Å².